The summed E-state index contributed by atoms with van der Waals surface area (Å²) in [5.74, 6) is -1.02. The van der Waals surface area contributed by atoms with Crippen LogP contribution in [0.1, 0.15) is 32.5 Å². The fourth-order valence-electron chi connectivity index (χ4n) is 2.56. The Morgan fingerprint density at radius 1 is 1.12 bits per heavy atom. The third-order valence-corrected chi connectivity index (χ3v) is 3.71. The first kappa shape index (κ1) is 15.7. The molecular weight excluding hydrogens is 314 g/mol. The van der Waals surface area contributed by atoms with Crippen molar-refractivity contribution >= 4 is 17.6 Å². The monoisotopic (exact) mass is 328 g/mol. The van der Waals surface area contributed by atoms with Gasteiger partial charge in [0.25, 0.3) is 0 Å². The molecule has 0 radical (unpaired) electrons. The van der Waals surface area contributed by atoms with E-state index in [2.05, 4.69) is 5.32 Å². The number of hydrogen-bond donors (Lipinski definition) is 1. The Morgan fingerprint density at radius 3 is 2.42 bits per heavy atom. The molecule has 1 aliphatic heterocycles. The van der Waals surface area contributed by atoms with Gasteiger partial charge in [-0.3, -0.25) is 0 Å². The number of aromatic carboxylic acids is 1. The van der Waals surface area contributed by atoms with Gasteiger partial charge in [0.05, 0.1) is 20.2 Å². The quantitative estimate of drug-likeness (QED) is 0.827. The predicted octanol–water partition coefficient (Wildman–Crippen LogP) is 1.35. The average Bonchev–Trinajstić information content (AvgIpc) is 2.90. The van der Waals surface area contributed by atoms with Crippen molar-refractivity contribution in [1.82, 2.24) is 0 Å². The SMILES string of the molecule is COc1ccc2c(c1OC)C(=O)O[C@H]2Nc1ccc(C(=O)[O-])cc1. The number of rotatable bonds is 5. The Hall–Kier alpha value is -3.22. The van der Waals surface area contributed by atoms with Crippen LogP contribution in [-0.4, -0.2) is 26.2 Å². The largest absolute Gasteiger partial charge is 0.545 e. The third-order valence-electron chi connectivity index (χ3n) is 3.71. The van der Waals surface area contributed by atoms with E-state index in [1.54, 1.807) is 24.3 Å². The predicted molar refractivity (Wildman–Crippen MR) is 82.1 cm³/mol. The highest BCUT2D eigenvalue weighted by Gasteiger charge is 2.35. The lowest BCUT2D eigenvalue weighted by atomic mass is 10.1. The van der Waals surface area contributed by atoms with Crippen LogP contribution in [0.5, 0.6) is 11.5 Å². The standard InChI is InChI=1S/C17H15NO6/c1-22-12-8-7-11-13(14(12)23-2)17(21)24-15(11)18-10-5-3-9(4-6-10)16(19)20/h3-8,15,18H,1-2H3,(H,19,20)/p-1/t15-/m1/s1. The summed E-state index contributed by atoms with van der Waals surface area (Å²) in [6.45, 7) is 0. The zero-order valence-corrected chi connectivity index (χ0v) is 13.0. The number of ether oxygens (including phenoxy) is 3. The highest BCUT2D eigenvalue weighted by molar-refractivity contribution is 5.98. The zero-order valence-electron chi connectivity index (χ0n) is 13.0. The number of cyclic esters (lactones) is 1. The number of hydrogen-bond acceptors (Lipinski definition) is 7. The van der Waals surface area contributed by atoms with Gasteiger partial charge in [-0.05, 0) is 29.8 Å². The van der Waals surface area contributed by atoms with Crippen molar-refractivity contribution in [1.29, 1.82) is 0 Å². The number of fused-ring (bicyclic) bond motifs is 1. The van der Waals surface area contributed by atoms with Crippen LogP contribution in [-0.2, 0) is 4.74 Å². The third kappa shape index (κ3) is 2.60. The van der Waals surface area contributed by atoms with Gasteiger partial charge in [-0.2, -0.15) is 0 Å². The lowest BCUT2D eigenvalue weighted by Gasteiger charge is -2.15. The van der Waals surface area contributed by atoms with E-state index in [4.69, 9.17) is 14.2 Å². The molecule has 7 heteroatoms. The summed E-state index contributed by atoms with van der Waals surface area (Å²) in [6, 6.07) is 9.35. The molecule has 0 amide bonds. The van der Waals surface area contributed by atoms with Crippen LogP contribution >= 0.6 is 0 Å². The molecule has 1 N–H and O–H groups in total. The number of carboxylic acid groups (broad SMARTS) is 1. The fourth-order valence-corrected chi connectivity index (χ4v) is 2.56. The van der Waals surface area contributed by atoms with Crippen LogP contribution in [0.25, 0.3) is 0 Å². The molecule has 1 heterocycles. The van der Waals surface area contributed by atoms with Crippen LogP contribution in [0.15, 0.2) is 36.4 Å². The summed E-state index contributed by atoms with van der Waals surface area (Å²) in [4.78, 5) is 22.9. The molecule has 2 aromatic rings. The second-order valence-electron chi connectivity index (χ2n) is 5.06. The number of carboxylic acids is 1. The van der Waals surface area contributed by atoms with Crippen molar-refractivity contribution in [2.24, 2.45) is 0 Å². The molecule has 2 aromatic carbocycles. The lowest BCUT2D eigenvalue weighted by molar-refractivity contribution is -0.255. The molecule has 1 atom stereocenters. The summed E-state index contributed by atoms with van der Waals surface area (Å²) in [6.07, 6.45) is -0.707. The minimum atomic E-state index is -1.25. The Bertz CT molecular complexity index is 799. The van der Waals surface area contributed by atoms with Crippen molar-refractivity contribution in [2.75, 3.05) is 19.5 Å². The zero-order chi connectivity index (χ0) is 17.3. The van der Waals surface area contributed by atoms with Gasteiger partial charge in [-0.1, -0.05) is 12.1 Å². The van der Waals surface area contributed by atoms with Crippen molar-refractivity contribution < 1.29 is 28.9 Å². The number of carbonyl (C=O) groups excluding carboxylic acids is 2. The van der Waals surface area contributed by atoms with Crippen molar-refractivity contribution in [3.05, 3.63) is 53.1 Å². The molecule has 0 fully saturated rings. The van der Waals surface area contributed by atoms with E-state index in [-0.39, 0.29) is 5.56 Å². The van der Waals surface area contributed by atoms with Crippen LogP contribution < -0.4 is 19.9 Å². The molecule has 0 unspecified atom stereocenters. The summed E-state index contributed by atoms with van der Waals surface area (Å²) in [5.41, 5.74) is 1.58. The smallest absolute Gasteiger partial charge is 0.344 e. The van der Waals surface area contributed by atoms with Crippen LogP contribution in [0.2, 0.25) is 0 Å². The van der Waals surface area contributed by atoms with Gasteiger partial charge in [-0.25, -0.2) is 4.79 Å². The Labute approximate surface area is 137 Å². The minimum Gasteiger partial charge on any atom is -0.545 e. The molecule has 0 bridgehead atoms. The number of methoxy groups -OCH3 is 2. The van der Waals surface area contributed by atoms with Crippen molar-refractivity contribution in [3.8, 4) is 11.5 Å². The Morgan fingerprint density at radius 2 is 1.83 bits per heavy atom. The van der Waals surface area contributed by atoms with E-state index < -0.39 is 18.2 Å². The van der Waals surface area contributed by atoms with Gasteiger partial charge in [0.2, 0.25) is 6.23 Å². The molecule has 0 aliphatic carbocycles. The minimum absolute atomic E-state index is 0.0655. The Balaban J connectivity index is 1.91. The maximum atomic E-state index is 12.2. The highest BCUT2D eigenvalue weighted by atomic mass is 16.6. The Kier molecular flexibility index (Phi) is 3.99. The lowest BCUT2D eigenvalue weighted by Crippen LogP contribution is -2.22. The maximum absolute atomic E-state index is 12.2. The second kappa shape index (κ2) is 6.11. The summed E-state index contributed by atoms with van der Waals surface area (Å²) < 4.78 is 15.8. The van der Waals surface area contributed by atoms with Crippen molar-refractivity contribution in [3.63, 3.8) is 0 Å². The number of esters is 1. The molecule has 0 spiro atoms. The van der Waals surface area contributed by atoms with Crippen LogP contribution in [0, 0.1) is 0 Å². The van der Waals surface area contributed by atoms with E-state index >= 15 is 0 Å². The maximum Gasteiger partial charge on any atom is 0.344 e. The number of carbonyl (C=O) groups is 2. The molecule has 124 valence electrons. The summed E-state index contributed by atoms with van der Waals surface area (Å²) >= 11 is 0. The molecule has 0 aromatic heterocycles. The normalized spacial score (nSPS) is 15.4. The summed E-state index contributed by atoms with van der Waals surface area (Å²) in [7, 11) is 2.93. The van der Waals surface area contributed by atoms with E-state index in [9.17, 15) is 14.7 Å². The highest BCUT2D eigenvalue weighted by Crippen LogP contribution is 2.41. The average molecular weight is 328 g/mol. The number of anilines is 1. The van der Waals surface area contributed by atoms with Crippen molar-refractivity contribution in [2.45, 2.75) is 6.23 Å². The molecule has 7 nitrogen and oxygen atoms in total. The van der Waals surface area contributed by atoms with Gasteiger partial charge in [-0.15, -0.1) is 0 Å². The topological polar surface area (TPSA) is 96.9 Å². The molecular formula is C17H14NO6-. The molecule has 24 heavy (non-hydrogen) atoms. The van der Waals surface area contributed by atoms with E-state index in [0.717, 1.165) is 0 Å². The first-order valence-corrected chi connectivity index (χ1v) is 7.09. The summed E-state index contributed by atoms with van der Waals surface area (Å²) in [5, 5.41) is 13.8. The first-order chi connectivity index (χ1) is 11.5. The molecule has 0 saturated carbocycles. The van der Waals surface area contributed by atoms with Gasteiger partial charge in [0, 0.05) is 11.3 Å². The van der Waals surface area contributed by atoms with E-state index in [1.165, 1.54) is 26.4 Å². The second-order valence-corrected chi connectivity index (χ2v) is 5.06. The molecule has 3 rings (SSSR count). The van der Waals surface area contributed by atoms with E-state index in [0.29, 0.717) is 28.3 Å². The first-order valence-electron chi connectivity index (χ1n) is 7.09. The number of nitrogens with one attached hydrogen (secondary N) is 1. The molecule has 1 aliphatic rings. The fraction of sp³-hybridized carbons (Fsp3) is 0.176. The molecule has 0 saturated heterocycles. The van der Waals surface area contributed by atoms with Gasteiger partial charge in [0.1, 0.15) is 5.56 Å². The van der Waals surface area contributed by atoms with Crippen LogP contribution in [0.3, 0.4) is 0 Å². The number of benzene rings is 2. The van der Waals surface area contributed by atoms with Gasteiger partial charge < -0.3 is 29.4 Å². The van der Waals surface area contributed by atoms with Crippen LogP contribution in [0.4, 0.5) is 5.69 Å². The van der Waals surface area contributed by atoms with E-state index in [1.807, 2.05) is 0 Å². The van der Waals surface area contributed by atoms with Gasteiger partial charge >= 0.3 is 5.97 Å². The van der Waals surface area contributed by atoms with Gasteiger partial charge in [0.15, 0.2) is 11.5 Å².